The summed E-state index contributed by atoms with van der Waals surface area (Å²) in [6.07, 6.45) is 5.24. The molecule has 1 aromatic heterocycles. The lowest BCUT2D eigenvalue weighted by molar-refractivity contribution is -0.115. The molecule has 0 fully saturated rings. The van der Waals surface area contributed by atoms with Gasteiger partial charge in [0.25, 0.3) is 0 Å². The number of nitrogens with one attached hydrogen (secondary N) is 1. The first-order valence-electron chi connectivity index (χ1n) is 7.98. The van der Waals surface area contributed by atoms with Gasteiger partial charge in [-0.1, -0.05) is 18.2 Å². The van der Waals surface area contributed by atoms with Gasteiger partial charge >= 0.3 is 0 Å². The lowest BCUT2D eigenvalue weighted by atomic mass is 10.2. The van der Waals surface area contributed by atoms with Gasteiger partial charge in [-0.25, -0.2) is 8.42 Å². The number of nitriles is 1. The molecule has 7 nitrogen and oxygen atoms in total. The molecule has 0 radical (unpaired) electrons. The van der Waals surface area contributed by atoms with E-state index >= 15 is 0 Å². The van der Waals surface area contributed by atoms with E-state index < -0.39 is 9.84 Å². The molecular formula is C17H20N4O3S. The minimum absolute atomic E-state index is 0.120. The van der Waals surface area contributed by atoms with Crippen LogP contribution in [0, 0.1) is 11.3 Å². The van der Waals surface area contributed by atoms with Gasteiger partial charge in [0.1, 0.15) is 0 Å². The Morgan fingerprint density at radius 1 is 1.24 bits per heavy atom. The molecule has 2 rings (SSSR count). The van der Waals surface area contributed by atoms with Crippen molar-refractivity contribution in [3.8, 4) is 6.07 Å². The van der Waals surface area contributed by atoms with Gasteiger partial charge in [-0.05, 0) is 25.0 Å². The molecule has 1 aromatic carbocycles. The van der Waals surface area contributed by atoms with Crippen LogP contribution in [-0.4, -0.2) is 29.9 Å². The first kappa shape index (κ1) is 18.7. The molecule has 0 aliphatic rings. The number of hydrogen-bond donors (Lipinski definition) is 1. The fourth-order valence-corrected chi connectivity index (χ4v) is 3.49. The van der Waals surface area contributed by atoms with Gasteiger partial charge < -0.3 is 5.32 Å². The highest BCUT2D eigenvalue weighted by Crippen LogP contribution is 2.12. The highest BCUT2D eigenvalue weighted by atomic mass is 32.2. The van der Waals surface area contributed by atoms with Gasteiger partial charge in [0.2, 0.25) is 5.91 Å². The number of carbonyl (C=O) groups is 1. The lowest BCUT2D eigenvalue weighted by Crippen LogP contribution is -2.17. The first-order valence-corrected chi connectivity index (χ1v) is 9.63. The van der Waals surface area contributed by atoms with Crippen molar-refractivity contribution in [3.63, 3.8) is 0 Å². The van der Waals surface area contributed by atoms with Gasteiger partial charge in [0.05, 0.1) is 28.6 Å². The summed E-state index contributed by atoms with van der Waals surface area (Å²) in [6, 6.07) is 10.2. The van der Waals surface area contributed by atoms with Crippen molar-refractivity contribution in [2.24, 2.45) is 0 Å². The molecule has 1 amide bonds. The van der Waals surface area contributed by atoms with Crippen molar-refractivity contribution in [1.29, 1.82) is 5.26 Å². The molecule has 25 heavy (non-hydrogen) atoms. The zero-order valence-corrected chi connectivity index (χ0v) is 14.6. The normalized spacial score (nSPS) is 11.0. The molecule has 1 heterocycles. The fraction of sp³-hybridized carbons (Fsp3) is 0.353. The zero-order valence-electron chi connectivity index (χ0n) is 13.8. The maximum absolute atomic E-state index is 12.1. The Balaban J connectivity index is 1.81. The second kappa shape index (κ2) is 8.99. The molecule has 0 aliphatic carbocycles. The number of sulfone groups is 1. The van der Waals surface area contributed by atoms with E-state index in [4.69, 9.17) is 5.26 Å². The van der Waals surface area contributed by atoms with E-state index in [0.717, 1.165) is 12.8 Å². The second-order valence-corrected chi connectivity index (χ2v) is 7.65. The summed E-state index contributed by atoms with van der Waals surface area (Å²) in [5, 5.41) is 15.3. The summed E-state index contributed by atoms with van der Waals surface area (Å²) in [5.74, 6) is -0.617. The van der Waals surface area contributed by atoms with Gasteiger partial charge in [-0.15, -0.1) is 0 Å². The molecule has 0 aliphatic heterocycles. The van der Waals surface area contributed by atoms with Crippen LogP contribution in [0.15, 0.2) is 47.6 Å². The number of benzene rings is 1. The van der Waals surface area contributed by atoms with Crippen LogP contribution in [0.2, 0.25) is 0 Å². The minimum atomic E-state index is -3.47. The van der Waals surface area contributed by atoms with E-state index in [0.29, 0.717) is 18.7 Å². The molecule has 0 saturated carbocycles. The molecule has 1 N–H and O–H groups in total. The van der Waals surface area contributed by atoms with Crippen molar-refractivity contribution in [3.05, 3.63) is 42.7 Å². The van der Waals surface area contributed by atoms with E-state index in [9.17, 15) is 13.2 Å². The number of unbranched alkanes of at least 4 members (excludes halogenated alkanes) is 2. The van der Waals surface area contributed by atoms with Gasteiger partial charge in [0, 0.05) is 25.6 Å². The third-order valence-electron chi connectivity index (χ3n) is 3.54. The molecular weight excluding hydrogens is 340 g/mol. The molecule has 0 bridgehead atoms. The maximum atomic E-state index is 12.1. The van der Waals surface area contributed by atoms with Crippen LogP contribution in [0.4, 0.5) is 5.69 Å². The van der Waals surface area contributed by atoms with Crippen molar-refractivity contribution in [1.82, 2.24) is 9.78 Å². The summed E-state index contributed by atoms with van der Waals surface area (Å²) in [6.45, 7) is 0.667. The zero-order chi connectivity index (χ0) is 18.1. The number of hydrogen-bond acceptors (Lipinski definition) is 5. The molecule has 0 saturated heterocycles. The minimum Gasteiger partial charge on any atom is -0.323 e. The molecule has 0 spiro atoms. The number of rotatable bonds is 9. The van der Waals surface area contributed by atoms with Crippen molar-refractivity contribution >= 4 is 21.4 Å². The number of anilines is 1. The Morgan fingerprint density at radius 3 is 2.72 bits per heavy atom. The van der Waals surface area contributed by atoms with E-state index in [1.165, 1.54) is 18.3 Å². The summed E-state index contributed by atoms with van der Waals surface area (Å²) in [7, 11) is -3.47. The largest absolute Gasteiger partial charge is 0.323 e. The predicted octanol–water partition coefficient (Wildman–Crippen LogP) is 2.38. The van der Waals surface area contributed by atoms with Crippen molar-refractivity contribution in [2.75, 3.05) is 11.1 Å². The number of nitrogens with zero attached hydrogens (tertiary/aromatic N) is 3. The highest BCUT2D eigenvalue weighted by molar-refractivity contribution is 7.91. The fourth-order valence-electron chi connectivity index (χ4n) is 2.22. The summed E-state index contributed by atoms with van der Waals surface area (Å²) < 4.78 is 26.0. The molecule has 0 atom stereocenters. The van der Waals surface area contributed by atoms with Crippen molar-refractivity contribution < 1.29 is 13.2 Å². The average molecular weight is 360 g/mol. The van der Waals surface area contributed by atoms with Crippen molar-refractivity contribution in [2.45, 2.75) is 37.1 Å². The van der Waals surface area contributed by atoms with E-state index in [-0.39, 0.29) is 23.0 Å². The Morgan fingerprint density at radius 2 is 2.00 bits per heavy atom. The maximum Gasteiger partial charge on any atom is 0.225 e. The van der Waals surface area contributed by atoms with Crippen LogP contribution >= 0.6 is 0 Å². The van der Waals surface area contributed by atoms with Crippen LogP contribution in [0.3, 0.4) is 0 Å². The average Bonchev–Trinajstić information content (AvgIpc) is 3.05. The summed E-state index contributed by atoms with van der Waals surface area (Å²) >= 11 is 0. The van der Waals surface area contributed by atoms with E-state index in [2.05, 4.69) is 16.5 Å². The second-order valence-electron chi connectivity index (χ2n) is 5.54. The number of amides is 1. The number of aryl methyl sites for hydroxylation is 1. The Kier molecular flexibility index (Phi) is 6.71. The quantitative estimate of drug-likeness (QED) is 0.691. The standard InChI is InChI=1S/C17H20N4O3S/c18-10-5-2-6-11-21-14-15(13-19-21)20-17(22)9-12-25(23,24)16-7-3-1-4-8-16/h1,3-4,7-8,13-14H,2,5-6,9,11-12H2,(H,20,22). The third kappa shape index (κ3) is 6.04. The Hall–Kier alpha value is -2.66. The topological polar surface area (TPSA) is 105 Å². The van der Waals surface area contributed by atoms with Crippen LogP contribution < -0.4 is 5.32 Å². The monoisotopic (exact) mass is 360 g/mol. The van der Waals surface area contributed by atoms with E-state index in [1.807, 2.05) is 0 Å². The van der Waals surface area contributed by atoms with Crippen LogP contribution in [0.5, 0.6) is 0 Å². The Bertz CT molecular complexity index is 838. The van der Waals surface area contributed by atoms with E-state index in [1.54, 1.807) is 29.1 Å². The SMILES string of the molecule is N#CCCCCn1cc(NC(=O)CCS(=O)(=O)c2ccccc2)cn1. The van der Waals surface area contributed by atoms with Crippen LogP contribution in [-0.2, 0) is 21.2 Å². The molecule has 2 aromatic rings. The number of carbonyl (C=O) groups excluding carboxylic acids is 1. The van der Waals surface area contributed by atoms with Gasteiger partial charge in [-0.3, -0.25) is 9.48 Å². The number of aromatic nitrogens is 2. The Labute approximate surface area is 147 Å². The molecule has 8 heteroatoms. The van der Waals surface area contributed by atoms with Crippen LogP contribution in [0.25, 0.3) is 0 Å². The van der Waals surface area contributed by atoms with Gasteiger partial charge in [-0.2, -0.15) is 10.4 Å². The predicted molar refractivity (Wildman–Crippen MR) is 93.4 cm³/mol. The summed E-state index contributed by atoms with van der Waals surface area (Å²) in [5.41, 5.74) is 0.530. The summed E-state index contributed by atoms with van der Waals surface area (Å²) in [4.78, 5) is 12.2. The van der Waals surface area contributed by atoms with Crippen LogP contribution in [0.1, 0.15) is 25.7 Å². The molecule has 0 unspecified atom stereocenters. The van der Waals surface area contributed by atoms with Gasteiger partial charge in [0.15, 0.2) is 9.84 Å². The molecule has 132 valence electrons. The first-order chi connectivity index (χ1) is 12.0. The lowest BCUT2D eigenvalue weighted by Gasteiger charge is -2.05. The smallest absolute Gasteiger partial charge is 0.225 e. The highest BCUT2D eigenvalue weighted by Gasteiger charge is 2.16. The third-order valence-corrected chi connectivity index (χ3v) is 5.27.